The summed E-state index contributed by atoms with van der Waals surface area (Å²) in [5.41, 5.74) is 7.06. The molecule has 1 fully saturated rings. The van der Waals surface area contributed by atoms with Crippen LogP contribution in [0, 0.1) is 5.92 Å². The van der Waals surface area contributed by atoms with Gasteiger partial charge < -0.3 is 10.5 Å². The van der Waals surface area contributed by atoms with E-state index in [1.54, 1.807) is 11.3 Å². The van der Waals surface area contributed by atoms with Gasteiger partial charge in [0.2, 0.25) is 0 Å². The quantitative estimate of drug-likeness (QED) is 0.847. The number of ether oxygens (including phenoxy) is 1. The van der Waals surface area contributed by atoms with Crippen molar-refractivity contribution >= 4 is 11.3 Å². The van der Waals surface area contributed by atoms with Crippen LogP contribution in [-0.4, -0.2) is 11.6 Å². The summed E-state index contributed by atoms with van der Waals surface area (Å²) >= 11 is 1.77. The van der Waals surface area contributed by atoms with Crippen molar-refractivity contribution in [3.05, 3.63) is 15.6 Å². The lowest BCUT2D eigenvalue weighted by molar-refractivity contribution is 0.00541. The molecule has 0 aliphatic heterocycles. The number of nitrogens with two attached hydrogens (primary N) is 1. The zero-order valence-electron chi connectivity index (χ0n) is 13.0. The minimum Gasteiger partial charge on any atom is -0.371 e. The molecule has 0 aromatic carbocycles. The third-order valence-corrected chi connectivity index (χ3v) is 5.30. The van der Waals surface area contributed by atoms with Gasteiger partial charge in [0.25, 0.3) is 0 Å². The molecule has 0 saturated heterocycles. The molecule has 0 amide bonds. The Hall–Kier alpha value is -0.450. The van der Waals surface area contributed by atoms with Crippen LogP contribution in [0.1, 0.15) is 80.5 Å². The molecule has 114 valence electrons. The van der Waals surface area contributed by atoms with E-state index in [9.17, 15) is 0 Å². The van der Waals surface area contributed by atoms with Gasteiger partial charge >= 0.3 is 0 Å². The van der Waals surface area contributed by atoms with Crippen molar-refractivity contribution in [3.63, 3.8) is 0 Å². The molecule has 1 aliphatic carbocycles. The molecule has 20 heavy (non-hydrogen) atoms. The van der Waals surface area contributed by atoms with E-state index in [1.165, 1.54) is 42.7 Å². The predicted octanol–water partition coefficient (Wildman–Crippen LogP) is 4.38. The lowest BCUT2D eigenvalue weighted by Crippen LogP contribution is -2.19. The van der Waals surface area contributed by atoms with Crippen molar-refractivity contribution in [2.24, 2.45) is 11.7 Å². The second kappa shape index (κ2) is 7.53. The second-order valence-electron chi connectivity index (χ2n) is 5.99. The normalized spacial score (nSPS) is 18.6. The van der Waals surface area contributed by atoms with Gasteiger partial charge in [-0.05, 0) is 31.6 Å². The Morgan fingerprint density at radius 2 is 2.00 bits per heavy atom. The van der Waals surface area contributed by atoms with Gasteiger partial charge in [-0.1, -0.05) is 33.1 Å². The summed E-state index contributed by atoms with van der Waals surface area (Å²) in [6.07, 6.45) is 6.78. The highest BCUT2D eigenvalue weighted by Gasteiger charge is 2.29. The average molecular weight is 296 g/mol. The van der Waals surface area contributed by atoms with Crippen molar-refractivity contribution in [2.45, 2.75) is 71.4 Å². The number of thiazole rings is 1. The van der Waals surface area contributed by atoms with Crippen LogP contribution in [0.3, 0.4) is 0 Å². The third kappa shape index (κ3) is 3.60. The molecule has 1 unspecified atom stereocenters. The molecule has 0 bridgehead atoms. The van der Waals surface area contributed by atoms with E-state index in [0.717, 1.165) is 11.6 Å². The first-order chi connectivity index (χ1) is 9.67. The number of aromatic nitrogens is 1. The van der Waals surface area contributed by atoms with Gasteiger partial charge in [-0.25, -0.2) is 4.98 Å². The van der Waals surface area contributed by atoms with E-state index in [4.69, 9.17) is 15.5 Å². The Kier molecular flexibility index (Phi) is 6.00. The molecule has 1 aromatic heterocycles. The Bertz CT molecular complexity index is 411. The second-order valence-corrected chi connectivity index (χ2v) is 7.11. The van der Waals surface area contributed by atoms with E-state index >= 15 is 0 Å². The molecule has 4 heteroatoms. The molecule has 2 rings (SSSR count). The maximum atomic E-state index is 6.07. The third-order valence-electron chi connectivity index (χ3n) is 4.14. The van der Waals surface area contributed by atoms with Crippen LogP contribution in [0.15, 0.2) is 0 Å². The van der Waals surface area contributed by atoms with Gasteiger partial charge in [0.15, 0.2) is 0 Å². The zero-order valence-corrected chi connectivity index (χ0v) is 13.8. The summed E-state index contributed by atoms with van der Waals surface area (Å²) in [5, 5.41) is 1.16. The molecule has 2 N–H and O–H groups in total. The summed E-state index contributed by atoms with van der Waals surface area (Å²) in [7, 11) is 0. The predicted molar refractivity (Wildman–Crippen MR) is 85.0 cm³/mol. The Balaban J connectivity index is 2.23. The smallest absolute Gasteiger partial charge is 0.122 e. The van der Waals surface area contributed by atoms with Gasteiger partial charge in [0.1, 0.15) is 11.1 Å². The Morgan fingerprint density at radius 1 is 1.30 bits per heavy atom. The number of nitrogens with zero attached hydrogens (tertiary/aromatic N) is 1. The van der Waals surface area contributed by atoms with Crippen molar-refractivity contribution in [3.8, 4) is 0 Å². The first-order valence-corrected chi connectivity index (χ1v) is 8.80. The highest BCUT2D eigenvalue weighted by molar-refractivity contribution is 7.11. The highest BCUT2D eigenvalue weighted by atomic mass is 32.1. The fourth-order valence-corrected chi connectivity index (χ4v) is 4.37. The topological polar surface area (TPSA) is 48.1 Å². The fourth-order valence-electron chi connectivity index (χ4n) is 3.13. The molecule has 1 atom stereocenters. The molecular weight excluding hydrogens is 268 g/mol. The van der Waals surface area contributed by atoms with Gasteiger partial charge in [-0.15, -0.1) is 11.3 Å². The van der Waals surface area contributed by atoms with Crippen molar-refractivity contribution in [1.82, 2.24) is 4.98 Å². The zero-order chi connectivity index (χ0) is 14.5. The summed E-state index contributed by atoms with van der Waals surface area (Å²) in [4.78, 5) is 6.12. The van der Waals surface area contributed by atoms with Crippen LogP contribution in [0.5, 0.6) is 0 Å². The molecule has 0 spiro atoms. The molecule has 1 saturated carbocycles. The van der Waals surface area contributed by atoms with Crippen LogP contribution >= 0.6 is 11.3 Å². The molecule has 0 radical (unpaired) electrons. The molecule has 3 nitrogen and oxygen atoms in total. The summed E-state index contributed by atoms with van der Waals surface area (Å²) in [6.45, 7) is 7.81. The van der Waals surface area contributed by atoms with Crippen LogP contribution < -0.4 is 5.73 Å². The number of hydrogen-bond donors (Lipinski definition) is 1. The summed E-state index contributed by atoms with van der Waals surface area (Å²) < 4.78 is 6.07. The van der Waals surface area contributed by atoms with Crippen LogP contribution in [-0.2, 0) is 11.3 Å². The largest absolute Gasteiger partial charge is 0.371 e. The van der Waals surface area contributed by atoms with Crippen molar-refractivity contribution in [2.75, 3.05) is 6.61 Å². The van der Waals surface area contributed by atoms with Gasteiger partial charge in [-0.2, -0.15) is 0 Å². The van der Waals surface area contributed by atoms with E-state index in [1.807, 2.05) is 0 Å². The van der Waals surface area contributed by atoms with E-state index in [2.05, 4.69) is 20.8 Å². The summed E-state index contributed by atoms with van der Waals surface area (Å²) in [6, 6.07) is 0. The van der Waals surface area contributed by atoms with Crippen LogP contribution in [0.2, 0.25) is 0 Å². The average Bonchev–Trinajstić information content (AvgIpc) is 2.90. The number of rotatable bonds is 6. The Labute approximate surface area is 126 Å². The number of hydrogen-bond acceptors (Lipinski definition) is 4. The highest BCUT2D eigenvalue weighted by Crippen LogP contribution is 2.39. The van der Waals surface area contributed by atoms with Crippen molar-refractivity contribution in [1.29, 1.82) is 0 Å². The van der Waals surface area contributed by atoms with Gasteiger partial charge in [0.05, 0.1) is 5.69 Å². The molecule has 1 heterocycles. The van der Waals surface area contributed by atoms with Crippen LogP contribution in [0.4, 0.5) is 0 Å². The van der Waals surface area contributed by atoms with E-state index < -0.39 is 0 Å². The minimum absolute atomic E-state index is 0.183. The van der Waals surface area contributed by atoms with Gasteiger partial charge in [0, 0.05) is 18.0 Å². The van der Waals surface area contributed by atoms with Crippen LogP contribution in [0.25, 0.3) is 0 Å². The maximum Gasteiger partial charge on any atom is 0.122 e. The molecular formula is C16H28N2OS. The van der Waals surface area contributed by atoms with E-state index in [-0.39, 0.29) is 6.10 Å². The standard InChI is InChI=1S/C16H28N2OS/c1-4-19-15(12-8-6-5-7-9-12)16-18-14(11(2)3)13(10-17)20-16/h11-12,15H,4-10,17H2,1-3H3. The lowest BCUT2D eigenvalue weighted by atomic mass is 9.85. The summed E-state index contributed by atoms with van der Waals surface area (Å²) in [5.74, 6) is 1.08. The van der Waals surface area contributed by atoms with Gasteiger partial charge in [-0.3, -0.25) is 0 Å². The first kappa shape index (κ1) is 15.9. The maximum absolute atomic E-state index is 6.07. The van der Waals surface area contributed by atoms with Crippen molar-refractivity contribution < 1.29 is 4.74 Å². The minimum atomic E-state index is 0.183. The Morgan fingerprint density at radius 3 is 2.50 bits per heavy atom. The monoisotopic (exact) mass is 296 g/mol. The lowest BCUT2D eigenvalue weighted by Gasteiger charge is -2.28. The molecule has 1 aliphatic rings. The molecule has 1 aromatic rings. The first-order valence-electron chi connectivity index (χ1n) is 7.98. The van der Waals surface area contributed by atoms with E-state index in [0.29, 0.717) is 18.4 Å². The SMILES string of the molecule is CCOC(c1nc(C(C)C)c(CN)s1)C1CCCCC1. The fraction of sp³-hybridized carbons (Fsp3) is 0.812.